The van der Waals surface area contributed by atoms with Crippen molar-refractivity contribution in [2.24, 2.45) is 17.8 Å². The zero-order valence-electron chi connectivity index (χ0n) is 10.7. The Bertz CT molecular complexity index is 480. The number of fused-ring (bicyclic) bond motifs is 2. The third kappa shape index (κ3) is 2.56. The van der Waals surface area contributed by atoms with Gasteiger partial charge in [0.05, 0.1) is 6.10 Å². The summed E-state index contributed by atoms with van der Waals surface area (Å²) in [6, 6.07) is 9.68. The van der Waals surface area contributed by atoms with Crippen LogP contribution < -0.4 is 0 Å². The number of hydrogen-bond donors (Lipinski definition) is 1. The van der Waals surface area contributed by atoms with Crippen LogP contribution >= 0.6 is 0 Å². The Hall–Kier alpha value is -1.61. The van der Waals surface area contributed by atoms with Gasteiger partial charge in [0.2, 0.25) is 0 Å². The van der Waals surface area contributed by atoms with Gasteiger partial charge in [-0.2, -0.15) is 0 Å². The number of rotatable bonds is 4. The molecule has 100 valence electrons. The van der Waals surface area contributed by atoms with E-state index in [1.807, 2.05) is 36.4 Å². The molecule has 0 saturated heterocycles. The minimum Gasteiger partial charge on any atom is -0.461 e. The Morgan fingerprint density at radius 2 is 2.05 bits per heavy atom. The van der Waals surface area contributed by atoms with E-state index >= 15 is 0 Å². The molecule has 1 fully saturated rings. The summed E-state index contributed by atoms with van der Waals surface area (Å²) in [7, 11) is 0. The van der Waals surface area contributed by atoms with Gasteiger partial charge in [-0.3, -0.25) is 4.79 Å². The largest absolute Gasteiger partial charge is 0.461 e. The number of esters is 1. The zero-order valence-corrected chi connectivity index (χ0v) is 10.7. The van der Waals surface area contributed by atoms with Gasteiger partial charge < -0.3 is 9.84 Å². The van der Waals surface area contributed by atoms with E-state index in [2.05, 4.69) is 6.08 Å². The van der Waals surface area contributed by atoms with Crippen LogP contribution in [0.25, 0.3) is 0 Å². The van der Waals surface area contributed by atoms with E-state index in [-0.39, 0.29) is 29.8 Å². The molecule has 0 spiro atoms. The fraction of sp³-hybridized carbons (Fsp3) is 0.438. The molecule has 2 aliphatic carbocycles. The van der Waals surface area contributed by atoms with Crippen molar-refractivity contribution in [3.8, 4) is 0 Å². The van der Waals surface area contributed by atoms with Crippen LogP contribution in [0.5, 0.6) is 0 Å². The second kappa shape index (κ2) is 5.17. The number of ether oxygens (including phenoxy) is 1. The number of aliphatic hydroxyl groups is 1. The highest BCUT2D eigenvalue weighted by Gasteiger charge is 2.44. The number of carbonyl (C=O) groups excluding carboxylic acids is 1. The SMILES string of the molecule is O=C(CC1CC2C=CC1C2O)OCc1ccccc1. The fourth-order valence-corrected chi connectivity index (χ4v) is 3.18. The lowest BCUT2D eigenvalue weighted by Crippen LogP contribution is -2.19. The first kappa shape index (κ1) is 12.4. The molecule has 1 aromatic carbocycles. The maximum atomic E-state index is 11.8. The predicted molar refractivity (Wildman–Crippen MR) is 71.1 cm³/mol. The van der Waals surface area contributed by atoms with Crippen LogP contribution in [0.15, 0.2) is 42.5 Å². The highest BCUT2D eigenvalue weighted by Crippen LogP contribution is 2.45. The molecule has 1 aromatic rings. The van der Waals surface area contributed by atoms with Gasteiger partial charge in [-0.1, -0.05) is 42.5 Å². The fourth-order valence-electron chi connectivity index (χ4n) is 3.18. The Morgan fingerprint density at radius 3 is 2.68 bits per heavy atom. The summed E-state index contributed by atoms with van der Waals surface area (Å²) in [6.45, 7) is 0.332. The van der Waals surface area contributed by atoms with Crippen LogP contribution in [-0.2, 0) is 16.1 Å². The molecule has 4 unspecified atom stereocenters. The maximum Gasteiger partial charge on any atom is 0.306 e. The van der Waals surface area contributed by atoms with Gasteiger partial charge in [0, 0.05) is 18.3 Å². The quantitative estimate of drug-likeness (QED) is 0.666. The molecule has 1 N–H and O–H groups in total. The number of hydrogen-bond acceptors (Lipinski definition) is 3. The molecule has 0 amide bonds. The molecule has 2 bridgehead atoms. The molecular formula is C16H18O3. The Kier molecular flexibility index (Phi) is 3.38. The first-order valence-electron chi connectivity index (χ1n) is 6.80. The topological polar surface area (TPSA) is 46.5 Å². The molecule has 1 saturated carbocycles. The molecule has 3 heteroatoms. The van der Waals surface area contributed by atoms with Crippen LogP contribution in [-0.4, -0.2) is 17.2 Å². The van der Waals surface area contributed by atoms with Gasteiger partial charge in [0.1, 0.15) is 6.61 Å². The van der Waals surface area contributed by atoms with E-state index in [9.17, 15) is 9.90 Å². The van der Waals surface area contributed by atoms with Crippen molar-refractivity contribution in [1.29, 1.82) is 0 Å². The van der Waals surface area contributed by atoms with E-state index in [1.54, 1.807) is 0 Å². The lowest BCUT2D eigenvalue weighted by atomic mass is 9.90. The lowest BCUT2D eigenvalue weighted by Gasteiger charge is -2.17. The van der Waals surface area contributed by atoms with E-state index < -0.39 is 0 Å². The van der Waals surface area contributed by atoms with E-state index in [0.29, 0.717) is 13.0 Å². The second-order valence-electron chi connectivity index (χ2n) is 5.46. The minimum atomic E-state index is -0.285. The molecule has 3 rings (SSSR count). The zero-order chi connectivity index (χ0) is 13.2. The third-order valence-electron chi connectivity index (χ3n) is 4.20. The maximum absolute atomic E-state index is 11.8. The van der Waals surface area contributed by atoms with E-state index in [4.69, 9.17) is 4.74 Å². The van der Waals surface area contributed by atoms with Crippen molar-refractivity contribution in [2.75, 3.05) is 0 Å². The molecular weight excluding hydrogens is 240 g/mol. The van der Waals surface area contributed by atoms with Crippen LogP contribution in [0.2, 0.25) is 0 Å². The van der Waals surface area contributed by atoms with Crippen molar-refractivity contribution in [2.45, 2.75) is 25.6 Å². The average Bonchev–Trinajstić information content (AvgIpc) is 2.93. The first-order chi connectivity index (χ1) is 9.24. The van der Waals surface area contributed by atoms with Gasteiger partial charge in [-0.05, 0) is 17.9 Å². The summed E-state index contributed by atoms with van der Waals surface area (Å²) >= 11 is 0. The third-order valence-corrected chi connectivity index (χ3v) is 4.20. The number of aliphatic hydroxyl groups excluding tert-OH is 1. The van der Waals surface area contributed by atoms with Crippen molar-refractivity contribution < 1.29 is 14.6 Å². The van der Waals surface area contributed by atoms with E-state index in [1.165, 1.54) is 0 Å². The van der Waals surface area contributed by atoms with Crippen LogP contribution in [0.1, 0.15) is 18.4 Å². The molecule has 4 atom stereocenters. The van der Waals surface area contributed by atoms with Crippen LogP contribution in [0, 0.1) is 17.8 Å². The minimum absolute atomic E-state index is 0.147. The molecule has 0 heterocycles. The van der Waals surface area contributed by atoms with Crippen LogP contribution in [0.3, 0.4) is 0 Å². The molecule has 3 nitrogen and oxygen atoms in total. The molecule has 0 aromatic heterocycles. The van der Waals surface area contributed by atoms with Crippen molar-refractivity contribution in [3.05, 3.63) is 48.0 Å². The van der Waals surface area contributed by atoms with Gasteiger partial charge in [-0.15, -0.1) is 0 Å². The Morgan fingerprint density at radius 1 is 1.26 bits per heavy atom. The smallest absolute Gasteiger partial charge is 0.306 e. The van der Waals surface area contributed by atoms with E-state index in [0.717, 1.165) is 12.0 Å². The van der Waals surface area contributed by atoms with Crippen LogP contribution in [0.4, 0.5) is 0 Å². The standard InChI is InChI=1S/C16H18O3/c17-15(19-10-11-4-2-1-3-5-11)9-13-8-12-6-7-14(13)16(12)18/h1-7,12-14,16,18H,8-10H2. The monoisotopic (exact) mass is 258 g/mol. The lowest BCUT2D eigenvalue weighted by molar-refractivity contribution is -0.146. The molecule has 0 radical (unpaired) electrons. The summed E-state index contributed by atoms with van der Waals surface area (Å²) in [6.07, 6.45) is 5.15. The summed E-state index contributed by atoms with van der Waals surface area (Å²) in [4.78, 5) is 11.8. The van der Waals surface area contributed by atoms with Crippen molar-refractivity contribution in [3.63, 3.8) is 0 Å². The van der Waals surface area contributed by atoms with Gasteiger partial charge in [-0.25, -0.2) is 0 Å². The summed E-state index contributed by atoms with van der Waals surface area (Å²) < 4.78 is 5.29. The Labute approximate surface area is 112 Å². The van der Waals surface area contributed by atoms with Crippen molar-refractivity contribution in [1.82, 2.24) is 0 Å². The normalized spacial score (nSPS) is 31.6. The summed E-state index contributed by atoms with van der Waals surface area (Å²) in [5.74, 6) is 0.474. The number of carbonyl (C=O) groups is 1. The molecule has 0 aliphatic heterocycles. The number of benzene rings is 1. The summed E-state index contributed by atoms with van der Waals surface area (Å²) in [5.41, 5.74) is 1.00. The Balaban J connectivity index is 1.49. The molecule has 2 aliphatic rings. The highest BCUT2D eigenvalue weighted by atomic mass is 16.5. The average molecular weight is 258 g/mol. The van der Waals surface area contributed by atoms with Gasteiger partial charge in [0.25, 0.3) is 0 Å². The predicted octanol–water partition coefficient (Wildman–Crippen LogP) is 2.30. The molecule has 19 heavy (non-hydrogen) atoms. The first-order valence-corrected chi connectivity index (χ1v) is 6.80. The van der Waals surface area contributed by atoms with Crippen molar-refractivity contribution >= 4 is 5.97 Å². The van der Waals surface area contributed by atoms with Gasteiger partial charge in [0.15, 0.2) is 0 Å². The highest BCUT2D eigenvalue weighted by molar-refractivity contribution is 5.70. The summed E-state index contributed by atoms with van der Waals surface area (Å²) in [5, 5.41) is 9.91. The second-order valence-corrected chi connectivity index (χ2v) is 5.46. The van der Waals surface area contributed by atoms with Gasteiger partial charge >= 0.3 is 5.97 Å².